The number of carbonyl (C=O) groups is 2. The molecule has 5 rings (SSSR count). The fourth-order valence-corrected chi connectivity index (χ4v) is 4.56. The second-order valence-corrected chi connectivity index (χ2v) is 9.61. The molecule has 11 nitrogen and oxygen atoms in total. The van der Waals surface area contributed by atoms with Crippen molar-refractivity contribution < 1.29 is 24.2 Å². The first-order valence-corrected chi connectivity index (χ1v) is 13.4. The predicted molar refractivity (Wildman–Crippen MR) is 148 cm³/mol. The predicted octanol–water partition coefficient (Wildman–Crippen LogP) is 3.04. The average molecular weight is 545 g/mol. The minimum Gasteiger partial charge on any atom is -0.475 e. The van der Waals surface area contributed by atoms with Gasteiger partial charge in [-0.3, -0.25) is 9.59 Å². The van der Waals surface area contributed by atoms with Crippen molar-refractivity contribution in [2.75, 3.05) is 38.3 Å². The number of amides is 2. The lowest BCUT2D eigenvalue weighted by molar-refractivity contribution is 0.0694. The summed E-state index contributed by atoms with van der Waals surface area (Å²) in [6.45, 7) is 1.69. The maximum Gasteiger partial charge on any atom is 0.272 e. The Morgan fingerprint density at radius 3 is 2.60 bits per heavy atom. The van der Waals surface area contributed by atoms with Crippen molar-refractivity contribution >= 4 is 28.3 Å². The van der Waals surface area contributed by atoms with Crippen LogP contribution in [0.3, 0.4) is 0 Å². The topological polar surface area (TPSA) is 140 Å². The molecule has 0 aliphatic heterocycles. The van der Waals surface area contributed by atoms with Crippen LogP contribution in [0.15, 0.2) is 60.9 Å². The van der Waals surface area contributed by atoms with E-state index in [1.807, 2.05) is 30.3 Å². The number of nitrogens with zero attached hydrogens (tertiary/aromatic N) is 4. The molecule has 1 saturated carbocycles. The number of anilines is 1. The fraction of sp³-hybridized carbons (Fsp3) is 0.345. The number of hydrogen-bond acceptors (Lipinski definition) is 8. The zero-order chi connectivity index (χ0) is 27.7. The van der Waals surface area contributed by atoms with Gasteiger partial charge in [-0.1, -0.05) is 42.0 Å². The van der Waals surface area contributed by atoms with E-state index in [1.54, 1.807) is 35.3 Å². The van der Waals surface area contributed by atoms with Crippen molar-refractivity contribution in [2.24, 2.45) is 5.92 Å². The first-order valence-electron chi connectivity index (χ1n) is 13.4. The van der Waals surface area contributed by atoms with Crippen LogP contribution in [0.2, 0.25) is 0 Å². The van der Waals surface area contributed by atoms with E-state index < -0.39 is 0 Å². The van der Waals surface area contributed by atoms with Gasteiger partial charge >= 0.3 is 0 Å². The van der Waals surface area contributed by atoms with Crippen molar-refractivity contribution in [1.82, 2.24) is 25.3 Å². The number of aliphatic hydroxyl groups excluding tert-OH is 1. The SMILES string of the molecule is O=C(NCC1CCC1)c1nc(OCCOCCO)ccc1NC(=O)c1ccc(Cn2ccnn2)c2ccccc12. The van der Waals surface area contributed by atoms with E-state index >= 15 is 0 Å². The lowest BCUT2D eigenvalue weighted by Crippen LogP contribution is -2.33. The Balaban J connectivity index is 1.37. The van der Waals surface area contributed by atoms with E-state index in [2.05, 4.69) is 25.9 Å². The number of aliphatic hydroxyl groups is 1. The van der Waals surface area contributed by atoms with Crippen LogP contribution in [0.4, 0.5) is 5.69 Å². The number of hydrogen-bond donors (Lipinski definition) is 3. The number of aromatic nitrogens is 4. The third-order valence-corrected chi connectivity index (χ3v) is 6.89. The van der Waals surface area contributed by atoms with Gasteiger partial charge in [0.25, 0.3) is 11.8 Å². The molecule has 0 radical (unpaired) electrons. The largest absolute Gasteiger partial charge is 0.475 e. The molecular formula is C29H32N6O5. The Bertz CT molecular complexity index is 1450. The molecule has 2 amide bonds. The second-order valence-electron chi connectivity index (χ2n) is 9.61. The number of ether oxygens (including phenoxy) is 2. The molecule has 4 aromatic rings. The summed E-state index contributed by atoms with van der Waals surface area (Å²) in [6, 6.07) is 14.6. The zero-order valence-corrected chi connectivity index (χ0v) is 22.1. The van der Waals surface area contributed by atoms with Gasteiger partial charge < -0.3 is 25.2 Å². The van der Waals surface area contributed by atoms with Gasteiger partial charge in [0.05, 0.1) is 38.2 Å². The molecule has 11 heteroatoms. The van der Waals surface area contributed by atoms with E-state index in [9.17, 15) is 9.59 Å². The Hall–Kier alpha value is -4.35. The third kappa shape index (κ3) is 6.61. The highest BCUT2D eigenvalue weighted by Gasteiger charge is 2.22. The van der Waals surface area contributed by atoms with E-state index in [1.165, 1.54) is 6.42 Å². The third-order valence-electron chi connectivity index (χ3n) is 6.89. The summed E-state index contributed by atoms with van der Waals surface area (Å²) < 4.78 is 12.6. The van der Waals surface area contributed by atoms with Gasteiger partial charge in [-0.2, -0.15) is 0 Å². The van der Waals surface area contributed by atoms with Crippen molar-refractivity contribution in [2.45, 2.75) is 25.8 Å². The number of rotatable bonds is 13. The summed E-state index contributed by atoms with van der Waals surface area (Å²) in [5.41, 5.74) is 1.84. The molecule has 1 aliphatic carbocycles. The molecule has 3 N–H and O–H groups in total. The number of nitrogens with one attached hydrogen (secondary N) is 2. The first kappa shape index (κ1) is 27.2. The molecule has 0 atom stereocenters. The number of pyridine rings is 1. The monoisotopic (exact) mass is 544 g/mol. The van der Waals surface area contributed by atoms with Gasteiger partial charge in [0.1, 0.15) is 6.61 Å². The molecule has 2 aromatic carbocycles. The van der Waals surface area contributed by atoms with Gasteiger partial charge in [0.2, 0.25) is 5.88 Å². The minimum absolute atomic E-state index is 0.0716. The van der Waals surface area contributed by atoms with Crippen molar-refractivity contribution in [3.05, 3.63) is 77.7 Å². The fourth-order valence-electron chi connectivity index (χ4n) is 4.56. The molecular weight excluding hydrogens is 512 g/mol. The molecule has 0 saturated heterocycles. The molecule has 2 heterocycles. The number of carbonyl (C=O) groups excluding carboxylic acids is 2. The summed E-state index contributed by atoms with van der Waals surface area (Å²) in [7, 11) is 0. The molecule has 1 fully saturated rings. The first-order chi connectivity index (χ1) is 19.6. The van der Waals surface area contributed by atoms with Gasteiger partial charge in [0, 0.05) is 24.4 Å². The van der Waals surface area contributed by atoms with E-state index in [-0.39, 0.29) is 55.5 Å². The Labute approximate surface area is 231 Å². The van der Waals surface area contributed by atoms with Crippen molar-refractivity contribution in [3.63, 3.8) is 0 Å². The van der Waals surface area contributed by atoms with E-state index in [0.29, 0.717) is 24.6 Å². The normalized spacial score (nSPS) is 13.1. The quantitative estimate of drug-likeness (QED) is 0.218. The highest BCUT2D eigenvalue weighted by Crippen LogP contribution is 2.27. The van der Waals surface area contributed by atoms with Crippen molar-refractivity contribution in [1.29, 1.82) is 0 Å². The van der Waals surface area contributed by atoms with Crippen LogP contribution in [-0.4, -0.2) is 69.9 Å². The van der Waals surface area contributed by atoms with E-state index in [0.717, 1.165) is 29.2 Å². The summed E-state index contributed by atoms with van der Waals surface area (Å²) in [5.74, 6) is -0.0311. The van der Waals surface area contributed by atoms with E-state index in [4.69, 9.17) is 14.6 Å². The second kappa shape index (κ2) is 13.1. The molecule has 0 unspecified atom stereocenters. The van der Waals surface area contributed by atoms with Crippen LogP contribution < -0.4 is 15.4 Å². The summed E-state index contributed by atoms with van der Waals surface area (Å²) in [4.78, 5) is 31.1. The minimum atomic E-state index is -0.378. The summed E-state index contributed by atoms with van der Waals surface area (Å²) in [6.07, 6.45) is 6.77. The van der Waals surface area contributed by atoms with Gasteiger partial charge in [-0.25, -0.2) is 9.67 Å². The maximum absolute atomic E-state index is 13.5. The van der Waals surface area contributed by atoms with Crippen LogP contribution in [0.5, 0.6) is 5.88 Å². The van der Waals surface area contributed by atoms with Crippen LogP contribution in [0.1, 0.15) is 45.7 Å². The van der Waals surface area contributed by atoms with Crippen LogP contribution in [0, 0.1) is 5.92 Å². The molecule has 2 aromatic heterocycles. The average Bonchev–Trinajstić information content (AvgIpc) is 3.46. The Morgan fingerprint density at radius 2 is 1.85 bits per heavy atom. The lowest BCUT2D eigenvalue weighted by atomic mass is 9.85. The molecule has 208 valence electrons. The van der Waals surface area contributed by atoms with Gasteiger partial charge in [-0.15, -0.1) is 5.10 Å². The highest BCUT2D eigenvalue weighted by molar-refractivity contribution is 6.15. The van der Waals surface area contributed by atoms with Crippen LogP contribution >= 0.6 is 0 Å². The lowest BCUT2D eigenvalue weighted by Gasteiger charge is -2.25. The Kier molecular flexibility index (Phi) is 8.94. The molecule has 0 spiro atoms. The van der Waals surface area contributed by atoms with Crippen LogP contribution in [-0.2, 0) is 11.3 Å². The summed E-state index contributed by atoms with van der Waals surface area (Å²) >= 11 is 0. The zero-order valence-electron chi connectivity index (χ0n) is 22.1. The smallest absolute Gasteiger partial charge is 0.272 e. The van der Waals surface area contributed by atoms with Gasteiger partial charge in [-0.05, 0) is 47.2 Å². The Morgan fingerprint density at radius 1 is 1.00 bits per heavy atom. The molecule has 1 aliphatic rings. The highest BCUT2D eigenvalue weighted by atomic mass is 16.5. The molecule has 0 bridgehead atoms. The van der Waals surface area contributed by atoms with Gasteiger partial charge in [0.15, 0.2) is 5.69 Å². The maximum atomic E-state index is 13.5. The van der Waals surface area contributed by atoms with Crippen molar-refractivity contribution in [3.8, 4) is 5.88 Å². The molecule has 40 heavy (non-hydrogen) atoms. The standard InChI is InChI=1S/C29H32N6O5/c36-14-15-39-16-17-40-26-11-10-25(27(33-26)29(38)30-18-20-4-3-5-20)32-28(37)24-9-8-21(19-35-13-12-31-34-35)22-6-1-2-7-23(22)24/h1-2,6-13,20,36H,3-5,14-19H2,(H,30,38)(H,32,37). The summed E-state index contributed by atoms with van der Waals surface area (Å²) in [5, 5.41) is 24.3. The van der Waals surface area contributed by atoms with Crippen LogP contribution in [0.25, 0.3) is 10.8 Å². The number of fused-ring (bicyclic) bond motifs is 1. The number of benzene rings is 2.